The summed E-state index contributed by atoms with van der Waals surface area (Å²) < 4.78 is 5.53. The Labute approximate surface area is 223 Å². The van der Waals surface area contributed by atoms with E-state index in [4.69, 9.17) is 9.94 Å². The lowest BCUT2D eigenvalue weighted by Gasteiger charge is -2.23. The van der Waals surface area contributed by atoms with Crippen molar-refractivity contribution >= 4 is 40.4 Å². The van der Waals surface area contributed by atoms with Gasteiger partial charge in [0.2, 0.25) is 11.9 Å². The predicted octanol–water partition coefficient (Wildman–Crippen LogP) is 2.97. The number of anilines is 2. The standard InChI is InChI=1S/C27H25N7O5/c35-24(33-38)19-13-29-26(30-14-19)31-20-12-22(34(15-20)27(37)39-16-17-6-2-1-3-7-17)25(36)32-21-10-4-8-18-9-5-11-28-23(18)21/h1-11,13-14,20,22,38H,12,15-16H2,(H,32,36)(H,33,35)(H,29,30,31)/t20-,22-/m0/s1. The van der Waals surface area contributed by atoms with Crippen molar-refractivity contribution in [2.75, 3.05) is 17.2 Å². The number of pyridine rings is 1. The van der Waals surface area contributed by atoms with Crippen molar-refractivity contribution in [1.82, 2.24) is 25.3 Å². The minimum Gasteiger partial charge on any atom is -0.445 e. The molecule has 4 N–H and O–H groups in total. The number of nitrogens with one attached hydrogen (secondary N) is 3. The van der Waals surface area contributed by atoms with Gasteiger partial charge in [-0.15, -0.1) is 0 Å². The lowest BCUT2D eigenvalue weighted by Crippen LogP contribution is -2.43. The minimum atomic E-state index is -0.843. The molecule has 2 aromatic heterocycles. The monoisotopic (exact) mass is 527 g/mol. The molecule has 0 unspecified atom stereocenters. The van der Waals surface area contributed by atoms with Crippen molar-refractivity contribution in [3.05, 3.63) is 90.4 Å². The minimum absolute atomic E-state index is 0.0628. The van der Waals surface area contributed by atoms with E-state index in [9.17, 15) is 14.4 Å². The van der Waals surface area contributed by atoms with E-state index >= 15 is 0 Å². The predicted molar refractivity (Wildman–Crippen MR) is 141 cm³/mol. The number of hydrogen-bond acceptors (Lipinski definition) is 9. The number of carbonyl (C=O) groups is 3. The number of likely N-dealkylation sites (tertiary alicyclic amines) is 1. The molecule has 1 saturated heterocycles. The molecule has 2 aromatic carbocycles. The molecule has 0 aliphatic carbocycles. The summed E-state index contributed by atoms with van der Waals surface area (Å²) in [6.45, 7) is 0.217. The van der Waals surface area contributed by atoms with Gasteiger partial charge in [-0.3, -0.25) is 24.7 Å². The highest BCUT2D eigenvalue weighted by Gasteiger charge is 2.41. The molecule has 0 spiro atoms. The van der Waals surface area contributed by atoms with Crippen LogP contribution < -0.4 is 16.1 Å². The Morgan fingerprint density at radius 1 is 0.974 bits per heavy atom. The first-order chi connectivity index (χ1) is 19.0. The Morgan fingerprint density at radius 2 is 1.74 bits per heavy atom. The average molecular weight is 528 g/mol. The van der Waals surface area contributed by atoms with Crippen molar-refractivity contribution in [2.45, 2.75) is 25.1 Å². The van der Waals surface area contributed by atoms with Crippen LogP contribution in [0, 0.1) is 0 Å². The second kappa shape index (κ2) is 11.5. The SMILES string of the molecule is O=C(NO)c1cnc(N[C@H]2C[C@@H](C(=O)Nc3cccc4cccnc34)N(C(=O)OCc3ccccc3)C2)nc1. The van der Waals surface area contributed by atoms with Gasteiger partial charge in [0.15, 0.2) is 0 Å². The third-order valence-corrected chi connectivity index (χ3v) is 6.28. The summed E-state index contributed by atoms with van der Waals surface area (Å²) in [7, 11) is 0. The molecule has 39 heavy (non-hydrogen) atoms. The van der Waals surface area contributed by atoms with Crippen LogP contribution in [0.15, 0.2) is 79.3 Å². The lowest BCUT2D eigenvalue weighted by molar-refractivity contribution is -0.120. The quantitative estimate of drug-likeness (QED) is 0.209. The number of ether oxygens (including phenoxy) is 1. The highest BCUT2D eigenvalue weighted by atomic mass is 16.6. The van der Waals surface area contributed by atoms with Gasteiger partial charge in [-0.1, -0.05) is 48.5 Å². The largest absolute Gasteiger partial charge is 0.445 e. The second-order valence-electron chi connectivity index (χ2n) is 8.89. The number of para-hydroxylation sites is 1. The highest BCUT2D eigenvalue weighted by Crippen LogP contribution is 2.26. The molecule has 3 heterocycles. The first-order valence-electron chi connectivity index (χ1n) is 12.2. The third-order valence-electron chi connectivity index (χ3n) is 6.28. The maximum Gasteiger partial charge on any atom is 0.410 e. The molecule has 1 aliphatic heterocycles. The van der Waals surface area contributed by atoms with E-state index in [2.05, 4.69) is 25.6 Å². The zero-order chi connectivity index (χ0) is 27.2. The summed E-state index contributed by atoms with van der Waals surface area (Å²) in [6, 6.07) is 17.2. The van der Waals surface area contributed by atoms with Crippen LogP contribution in [-0.2, 0) is 16.1 Å². The fraction of sp³-hybridized carbons (Fsp3) is 0.185. The molecular formula is C27H25N7O5. The summed E-state index contributed by atoms with van der Waals surface area (Å²) in [5, 5.41) is 15.7. The number of carbonyl (C=O) groups excluding carboxylic acids is 3. The van der Waals surface area contributed by atoms with Crippen LogP contribution in [-0.4, -0.2) is 61.6 Å². The van der Waals surface area contributed by atoms with Gasteiger partial charge in [0.25, 0.3) is 5.91 Å². The van der Waals surface area contributed by atoms with Crippen molar-refractivity contribution in [1.29, 1.82) is 0 Å². The van der Waals surface area contributed by atoms with Crippen molar-refractivity contribution in [3.8, 4) is 0 Å². The first kappa shape index (κ1) is 25.5. The van der Waals surface area contributed by atoms with Gasteiger partial charge in [-0.05, 0) is 24.1 Å². The first-order valence-corrected chi connectivity index (χ1v) is 12.2. The molecule has 2 atom stereocenters. The summed E-state index contributed by atoms with van der Waals surface area (Å²) in [4.78, 5) is 52.1. The Morgan fingerprint density at radius 3 is 2.51 bits per heavy atom. The molecular weight excluding hydrogens is 502 g/mol. The molecule has 198 valence electrons. The van der Waals surface area contributed by atoms with E-state index in [0.29, 0.717) is 11.2 Å². The Balaban J connectivity index is 1.33. The number of aromatic nitrogens is 3. The lowest BCUT2D eigenvalue weighted by atomic mass is 10.1. The maximum absolute atomic E-state index is 13.5. The van der Waals surface area contributed by atoms with Crippen LogP contribution in [0.4, 0.5) is 16.4 Å². The number of rotatable bonds is 7. The van der Waals surface area contributed by atoms with Crippen molar-refractivity contribution in [3.63, 3.8) is 0 Å². The molecule has 12 nitrogen and oxygen atoms in total. The summed E-state index contributed by atoms with van der Waals surface area (Å²) in [5.41, 5.74) is 3.59. The molecule has 12 heteroatoms. The molecule has 0 bridgehead atoms. The Hall–Kier alpha value is -5.10. The third kappa shape index (κ3) is 5.91. The Bertz CT molecular complexity index is 1480. The van der Waals surface area contributed by atoms with Crippen molar-refractivity contribution < 1.29 is 24.3 Å². The fourth-order valence-electron chi connectivity index (χ4n) is 4.38. The van der Waals surface area contributed by atoms with Gasteiger partial charge in [-0.2, -0.15) is 0 Å². The molecule has 1 aliphatic rings. The van der Waals surface area contributed by atoms with Crippen LogP contribution in [0.1, 0.15) is 22.3 Å². The number of fused-ring (bicyclic) bond motifs is 1. The van der Waals surface area contributed by atoms with Gasteiger partial charge in [-0.25, -0.2) is 20.2 Å². The van der Waals surface area contributed by atoms with Crippen LogP contribution in [0.5, 0.6) is 0 Å². The second-order valence-corrected chi connectivity index (χ2v) is 8.89. The van der Waals surface area contributed by atoms with Crippen LogP contribution in [0.3, 0.4) is 0 Å². The van der Waals surface area contributed by atoms with Gasteiger partial charge in [0.05, 0.1) is 16.8 Å². The van der Waals surface area contributed by atoms with E-state index < -0.39 is 18.0 Å². The molecule has 3 amide bonds. The van der Waals surface area contributed by atoms with E-state index in [0.717, 1.165) is 10.9 Å². The van der Waals surface area contributed by atoms with E-state index in [1.165, 1.54) is 22.8 Å². The number of hydrogen-bond donors (Lipinski definition) is 4. The van der Waals surface area contributed by atoms with Gasteiger partial charge in [0, 0.05) is 36.6 Å². The smallest absolute Gasteiger partial charge is 0.410 e. The van der Waals surface area contributed by atoms with Crippen molar-refractivity contribution in [2.24, 2.45) is 0 Å². The molecule has 1 fully saturated rings. The molecule has 5 rings (SSSR count). The van der Waals surface area contributed by atoms with Gasteiger partial charge >= 0.3 is 6.09 Å². The number of hydroxylamine groups is 1. The molecule has 4 aromatic rings. The topological polar surface area (TPSA) is 159 Å². The Kier molecular flexibility index (Phi) is 7.55. The van der Waals surface area contributed by atoms with Crippen LogP contribution in [0.25, 0.3) is 10.9 Å². The van der Waals surface area contributed by atoms with Gasteiger partial charge in [0.1, 0.15) is 12.6 Å². The average Bonchev–Trinajstić information content (AvgIpc) is 3.40. The fourth-order valence-corrected chi connectivity index (χ4v) is 4.38. The maximum atomic E-state index is 13.5. The summed E-state index contributed by atoms with van der Waals surface area (Å²) >= 11 is 0. The summed E-state index contributed by atoms with van der Waals surface area (Å²) in [5.74, 6) is -0.925. The number of benzene rings is 2. The number of nitrogens with zero attached hydrogens (tertiary/aromatic N) is 4. The van der Waals surface area contributed by atoms with Crippen LogP contribution >= 0.6 is 0 Å². The normalized spacial score (nSPS) is 16.5. The summed E-state index contributed by atoms with van der Waals surface area (Å²) in [6.07, 6.45) is 3.78. The highest BCUT2D eigenvalue weighted by molar-refractivity contribution is 6.03. The zero-order valence-corrected chi connectivity index (χ0v) is 20.7. The number of amides is 3. The molecule has 0 saturated carbocycles. The van der Waals surface area contributed by atoms with E-state index in [-0.39, 0.29) is 43.0 Å². The zero-order valence-electron chi connectivity index (χ0n) is 20.7. The van der Waals surface area contributed by atoms with Gasteiger partial charge < -0.3 is 15.4 Å². The van der Waals surface area contributed by atoms with Crippen LogP contribution in [0.2, 0.25) is 0 Å². The molecule has 0 radical (unpaired) electrons. The van der Waals surface area contributed by atoms with E-state index in [1.807, 2.05) is 54.6 Å². The van der Waals surface area contributed by atoms with E-state index in [1.54, 1.807) is 12.3 Å².